The minimum absolute atomic E-state index is 0.228. The number of carbonyl (C=O) groups is 1. The number of nitrogens with zero attached hydrogens (tertiary/aromatic N) is 3. The van der Waals surface area contributed by atoms with Gasteiger partial charge in [0.25, 0.3) is 5.91 Å². The van der Waals surface area contributed by atoms with Crippen molar-refractivity contribution in [1.82, 2.24) is 14.9 Å². The summed E-state index contributed by atoms with van der Waals surface area (Å²) in [5, 5.41) is 10.2. The number of rotatable bonds is 4. The second kappa shape index (κ2) is 7.33. The van der Waals surface area contributed by atoms with Gasteiger partial charge in [0.15, 0.2) is 6.10 Å². The highest BCUT2D eigenvalue weighted by molar-refractivity contribution is 5.82. The Hall–Kier alpha value is -2.27. The van der Waals surface area contributed by atoms with E-state index in [1.807, 2.05) is 24.4 Å². The van der Waals surface area contributed by atoms with Crippen molar-refractivity contribution in [3.63, 3.8) is 0 Å². The van der Waals surface area contributed by atoms with Gasteiger partial charge in [0.1, 0.15) is 0 Å². The molecule has 1 aliphatic rings. The van der Waals surface area contributed by atoms with Gasteiger partial charge >= 0.3 is 0 Å². The van der Waals surface area contributed by atoms with E-state index in [0.717, 1.165) is 25.0 Å². The summed E-state index contributed by atoms with van der Waals surface area (Å²) in [5.74, 6) is 0.318. The lowest BCUT2D eigenvalue weighted by Crippen LogP contribution is -2.41. The molecule has 2 aromatic rings. The number of carbonyl (C=O) groups excluding carboxylic acids is 1. The van der Waals surface area contributed by atoms with Crippen LogP contribution in [0.2, 0.25) is 0 Å². The van der Waals surface area contributed by atoms with E-state index in [1.54, 1.807) is 23.2 Å². The maximum absolute atomic E-state index is 12.4. The van der Waals surface area contributed by atoms with Crippen molar-refractivity contribution >= 4 is 5.91 Å². The summed E-state index contributed by atoms with van der Waals surface area (Å²) in [6, 6.07) is 9.42. The van der Waals surface area contributed by atoms with Gasteiger partial charge in [-0.25, -0.2) is 0 Å². The van der Waals surface area contributed by atoms with Gasteiger partial charge in [-0.1, -0.05) is 12.1 Å². The van der Waals surface area contributed by atoms with Crippen molar-refractivity contribution in [3.8, 4) is 0 Å². The van der Waals surface area contributed by atoms with Crippen LogP contribution < -0.4 is 0 Å². The molecule has 5 nitrogen and oxygen atoms in total. The van der Waals surface area contributed by atoms with Gasteiger partial charge in [-0.05, 0) is 43.4 Å². The van der Waals surface area contributed by atoms with Crippen LogP contribution in [0.5, 0.6) is 0 Å². The lowest BCUT2D eigenvalue weighted by Gasteiger charge is -2.33. The summed E-state index contributed by atoms with van der Waals surface area (Å²) < 4.78 is 0. The summed E-state index contributed by atoms with van der Waals surface area (Å²) in [7, 11) is 0. The average molecular weight is 311 g/mol. The fraction of sp³-hybridized carbons (Fsp3) is 0.389. The molecule has 120 valence electrons. The molecule has 1 saturated heterocycles. The van der Waals surface area contributed by atoms with Gasteiger partial charge < -0.3 is 10.0 Å². The molecule has 1 fully saturated rings. The molecule has 2 aromatic heterocycles. The average Bonchev–Trinajstić information content (AvgIpc) is 2.63. The Kier molecular flexibility index (Phi) is 4.98. The smallest absolute Gasteiger partial charge is 0.256 e. The summed E-state index contributed by atoms with van der Waals surface area (Å²) >= 11 is 0. The summed E-state index contributed by atoms with van der Waals surface area (Å²) in [6.07, 6.45) is 6.72. The van der Waals surface area contributed by atoms with Crippen molar-refractivity contribution in [1.29, 1.82) is 0 Å². The monoisotopic (exact) mass is 311 g/mol. The van der Waals surface area contributed by atoms with E-state index in [4.69, 9.17) is 0 Å². The highest BCUT2D eigenvalue weighted by Gasteiger charge is 2.28. The summed E-state index contributed by atoms with van der Waals surface area (Å²) in [6.45, 7) is 1.38. The van der Waals surface area contributed by atoms with Crippen LogP contribution >= 0.6 is 0 Å². The van der Waals surface area contributed by atoms with Crippen LogP contribution in [-0.4, -0.2) is 39.0 Å². The van der Waals surface area contributed by atoms with Crippen LogP contribution in [0.15, 0.2) is 48.9 Å². The lowest BCUT2D eigenvalue weighted by atomic mass is 9.91. The molecule has 1 N–H and O–H groups in total. The maximum Gasteiger partial charge on any atom is 0.256 e. The second-order valence-corrected chi connectivity index (χ2v) is 5.98. The fourth-order valence-corrected chi connectivity index (χ4v) is 3.03. The molecule has 23 heavy (non-hydrogen) atoms. The molecule has 0 bridgehead atoms. The number of hydrogen-bond acceptors (Lipinski definition) is 4. The van der Waals surface area contributed by atoms with E-state index in [0.29, 0.717) is 24.6 Å². The van der Waals surface area contributed by atoms with Gasteiger partial charge in [0, 0.05) is 42.9 Å². The first kappa shape index (κ1) is 15.6. The van der Waals surface area contributed by atoms with E-state index in [1.165, 1.54) is 6.20 Å². The van der Waals surface area contributed by atoms with Crippen molar-refractivity contribution < 1.29 is 9.90 Å². The third-order valence-corrected chi connectivity index (χ3v) is 4.38. The Morgan fingerprint density at radius 2 is 2.04 bits per heavy atom. The van der Waals surface area contributed by atoms with Crippen molar-refractivity contribution in [2.24, 2.45) is 5.92 Å². The molecule has 1 unspecified atom stereocenters. The zero-order chi connectivity index (χ0) is 16.1. The quantitative estimate of drug-likeness (QED) is 0.938. The molecule has 0 spiro atoms. The van der Waals surface area contributed by atoms with Gasteiger partial charge in [0.2, 0.25) is 0 Å². The Morgan fingerprint density at radius 3 is 2.70 bits per heavy atom. The third kappa shape index (κ3) is 3.93. The van der Waals surface area contributed by atoms with Crippen LogP contribution in [0.25, 0.3) is 0 Å². The molecule has 5 heteroatoms. The summed E-state index contributed by atoms with van der Waals surface area (Å²) in [4.78, 5) is 22.5. The minimum atomic E-state index is -1.11. The number of aliphatic hydroxyl groups is 1. The first-order valence-corrected chi connectivity index (χ1v) is 8.00. The molecule has 0 radical (unpaired) electrons. The van der Waals surface area contributed by atoms with Gasteiger partial charge in [-0.2, -0.15) is 0 Å². The lowest BCUT2D eigenvalue weighted by molar-refractivity contribution is -0.142. The normalized spacial score (nSPS) is 17.0. The van der Waals surface area contributed by atoms with Gasteiger partial charge in [-0.15, -0.1) is 0 Å². The van der Waals surface area contributed by atoms with E-state index in [-0.39, 0.29) is 5.91 Å². The molecular weight excluding hydrogens is 290 g/mol. The van der Waals surface area contributed by atoms with E-state index in [2.05, 4.69) is 9.97 Å². The molecule has 3 rings (SSSR count). The number of amides is 1. The molecule has 1 atom stereocenters. The zero-order valence-electron chi connectivity index (χ0n) is 13.0. The fourth-order valence-electron chi connectivity index (χ4n) is 3.03. The third-order valence-electron chi connectivity index (χ3n) is 4.38. The van der Waals surface area contributed by atoms with Crippen molar-refractivity contribution in [3.05, 3.63) is 60.2 Å². The Morgan fingerprint density at radius 1 is 1.22 bits per heavy atom. The Labute approximate surface area is 136 Å². The second-order valence-electron chi connectivity index (χ2n) is 5.98. The van der Waals surface area contributed by atoms with E-state index >= 15 is 0 Å². The van der Waals surface area contributed by atoms with Gasteiger partial charge in [0.05, 0.1) is 0 Å². The standard InChI is InChI=1S/C18H21N3O2/c22-17(15-4-3-8-19-13-15)18(23)21-10-6-14(7-11-21)12-16-5-1-2-9-20-16/h1-5,8-9,13-14,17,22H,6-7,10-12H2. The number of pyridine rings is 2. The van der Waals surface area contributed by atoms with Crippen LogP contribution in [0, 0.1) is 5.92 Å². The molecule has 1 amide bonds. The number of hydrogen-bond donors (Lipinski definition) is 1. The molecule has 3 heterocycles. The van der Waals surface area contributed by atoms with E-state index in [9.17, 15) is 9.90 Å². The predicted octanol–water partition coefficient (Wildman–Crippen LogP) is 1.99. The first-order valence-electron chi connectivity index (χ1n) is 8.00. The first-order chi connectivity index (χ1) is 11.2. The number of likely N-dealkylation sites (tertiary alicyclic amines) is 1. The number of piperidine rings is 1. The Balaban J connectivity index is 1.53. The predicted molar refractivity (Wildman–Crippen MR) is 86.4 cm³/mol. The molecular formula is C18H21N3O2. The van der Waals surface area contributed by atoms with Crippen LogP contribution in [0.4, 0.5) is 0 Å². The molecule has 0 aromatic carbocycles. The highest BCUT2D eigenvalue weighted by atomic mass is 16.3. The SMILES string of the molecule is O=C(C(O)c1cccnc1)N1CCC(Cc2ccccn2)CC1. The summed E-state index contributed by atoms with van der Waals surface area (Å²) in [5.41, 5.74) is 1.65. The zero-order valence-corrected chi connectivity index (χ0v) is 13.0. The van der Waals surface area contributed by atoms with E-state index < -0.39 is 6.10 Å². The Bertz CT molecular complexity index is 625. The van der Waals surface area contributed by atoms with Gasteiger partial charge in [-0.3, -0.25) is 14.8 Å². The minimum Gasteiger partial charge on any atom is -0.378 e. The van der Waals surface area contributed by atoms with Crippen LogP contribution in [0.1, 0.15) is 30.2 Å². The molecule has 0 saturated carbocycles. The molecule has 0 aliphatic carbocycles. The van der Waals surface area contributed by atoms with Crippen molar-refractivity contribution in [2.45, 2.75) is 25.4 Å². The molecule has 1 aliphatic heterocycles. The highest BCUT2D eigenvalue weighted by Crippen LogP contribution is 2.23. The topological polar surface area (TPSA) is 66.3 Å². The van der Waals surface area contributed by atoms with Crippen molar-refractivity contribution in [2.75, 3.05) is 13.1 Å². The van der Waals surface area contributed by atoms with Crippen LogP contribution in [-0.2, 0) is 11.2 Å². The largest absolute Gasteiger partial charge is 0.378 e. The number of aliphatic hydroxyl groups excluding tert-OH is 1. The number of aromatic nitrogens is 2. The van der Waals surface area contributed by atoms with Crippen LogP contribution in [0.3, 0.4) is 0 Å². The maximum atomic E-state index is 12.4.